The highest BCUT2D eigenvalue weighted by Gasteiger charge is 2.35. The fraction of sp³-hybridized carbons (Fsp3) is 0.500. The summed E-state index contributed by atoms with van der Waals surface area (Å²) in [6, 6.07) is 0. The fourth-order valence-corrected chi connectivity index (χ4v) is 0.757. The monoisotopic (exact) mass is 143 g/mol. The van der Waals surface area contributed by atoms with Gasteiger partial charge in [-0.05, 0) is 19.9 Å². The molecule has 0 amide bonds. The minimum absolute atomic E-state index is 0.588. The summed E-state index contributed by atoms with van der Waals surface area (Å²) < 4.78 is 0. The van der Waals surface area contributed by atoms with Gasteiger partial charge in [0.25, 0.3) is 0 Å². The Hall–Kier alpha value is -1.03. The van der Waals surface area contributed by atoms with Crippen LogP contribution < -0.4 is 5.48 Å². The third kappa shape index (κ3) is 0.974. The summed E-state index contributed by atoms with van der Waals surface area (Å²) in [5.74, 6) is -0.353. The van der Waals surface area contributed by atoms with E-state index in [9.17, 15) is 4.79 Å². The second-order valence-corrected chi connectivity index (χ2v) is 2.47. The first-order chi connectivity index (χ1) is 4.54. The van der Waals surface area contributed by atoms with Gasteiger partial charge in [0.05, 0.1) is 0 Å². The molecular weight excluding hydrogens is 134 g/mol. The molecule has 56 valence electrons. The lowest BCUT2D eigenvalue weighted by molar-refractivity contribution is -0.144. The molecule has 0 fully saturated rings. The molecule has 0 aromatic carbocycles. The smallest absolute Gasteiger partial charge is 0.331 e. The quantitative estimate of drug-likeness (QED) is 0.553. The van der Waals surface area contributed by atoms with Crippen LogP contribution in [0.15, 0.2) is 11.8 Å². The average Bonchev–Trinajstić information content (AvgIpc) is 2.13. The molecule has 1 aliphatic rings. The van der Waals surface area contributed by atoms with E-state index >= 15 is 0 Å². The number of allylic oxidation sites excluding steroid dienone is 1. The van der Waals surface area contributed by atoms with E-state index in [1.807, 2.05) is 0 Å². The minimum atomic E-state index is -1.05. The van der Waals surface area contributed by atoms with E-state index < -0.39 is 11.5 Å². The molecular formula is C6H9NO3. The van der Waals surface area contributed by atoms with Gasteiger partial charge < -0.3 is 9.94 Å². The van der Waals surface area contributed by atoms with Crippen LogP contribution in [0.1, 0.15) is 13.8 Å². The normalized spacial score (nSPS) is 31.2. The molecule has 0 bridgehead atoms. The highest BCUT2D eigenvalue weighted by molar-refractivity contribution is 5.81. The lowest BCUT2D eigenvalue weighted by Crippen LogP contribution is -2.43. The number of carbonyl (C=O) groups is 1. The van der Waals surface area contributed by atoms with E-state index in [4.69, 9.17) is 9.94 Å². The molecule has 1 rings (SSSR count). The van der Waals surface area contributed by atoms with E-state index in [1.54, 1.807) is 6.92 Å². The Morgan fingerprint density at radius 3 is 2.70 bits per heavy atom. The summed E-state index contributed by atoms with van der Waals surface area (Å²) >= 11 is 0. The third-order valence-electron chi connectivity index (χ3n) is 1.36. The zero-order valence-electron chi connectivity index (χ0n) is 5.84. The summed E-state index contributed by atoms with van der Waals surface area (Å²) in [5.41, 5.74) is 1.34. The van der Waals surface area contributed by atoms with Crippen LogP contribution in [0.3, 0.4) is 0 Å². The number of rotatable bonds is 1. The molecule has 4 nitrogen and oxygen atoms in total. The van der Waals surface area contributed by atoms with E-state index in [2.05, 4.69) is 5.48 Å². The van der Waals surface area contributed by atoms with Crippen LogP contribution in [0.25, 0.3) is 0 Å². The molecule has 1 heterocycles. The van der Waals surface area contributed by atoms with E-state index in [0.29, 0.717) is 5.76 Å². The first kappa shape index (κ1) is 7.08. The summed E-state index contributed by atoms with van der Waals surface area (Å²) in [7, 11) is 0. The zero-order valence-corrected chi connectivity index (χ0v) is 5.84. The minimum Gasteiger partial charge on any atom is -0.480 e. The Morgan fingerprint density at radius 2 is 2.50 bits per heavy atom. The second kappa shape index (κ2) is 1.98. The van der Waals surface area contributed by atoms with Crippen molar-refractivity contribution >= 4 is 5.97 Å². The van der Waals surface area contributed by atoms with Crippen molar-refractivity contribution in [3.63, 3.8) is 0 Å². The molecule has 10 heavy (non-hydrogen) atoms. The molecule has 1 aliphatic heterocycles. The SMILES string of the molecule is CC1=CC(C)(C(=O)O)NO1. The van der Waals surface area contributed by atoms with Crippen molar-refractivity contribution in [2.24, 2.45) is 0 Å². The molecule has 0 spiro atoms. The van der Waals surface area contributed by atoms with Gasteiger partial charge in [-0.3, -0.25) is 0 Å². The summed E-state index contributed by atoms with van der Waals surface area (Å²) in [6.07, 6.45) is 1.52. The Bertz CT molecular complexity index is 199. The molecule has 2 N–H and O–H groups in total. The van der Waals surface area contributed by atoms with Crippen molar-refractivity contribution in [2.45, 2.75) is 19.4 Å². The van der Waals surface area contributed by atoms with Gasteiger partial charge in [-0.1, -0.05) is 0 Å². The molecule has 1 atom stereocenters. The summed E-state index contributed by atoms with van der Waals surface area (Å²) in [5, 5.41) is 8.60. The van der Waals surface area contributed by atoms with Gasteiger partial charge in [0, 0.05) is 0 Å². The average molecular weight is 143 g/mol. The van der Waals surface area contributed by atoms with E-state index in [1.165, 1.54) is 13.0 Å². The number of nitrogens with one attached hydrogen (secondary N) is 1. The number of hydrogen-bond acceptors (Lipinski definition) is 3. The van der Waals surface area contributed by atoms with Crippen molar-refractivity contribution < 1.29 is 14.7 Å². The van der Waals surface area contributed by atoms with Crippen molar-refractivity contribution in [1.29, 1.82) is 0 Å². The molecule has 0 aromatic rings. The number of carboxylic acid groups (broad SMARTS) is 1. The van der Waals surface area contributed by atoms with Crippen LogP contribution in [0, 0.1) is 0 Å². The molecule has 0 saturated carbocycles. The molecule has 0 aliphatic carbocycles. The Labute approximate surface area is 58.4 Å². The van der Waals surface area contributed by atoms with Crippen molar-refractivity contribution in [1.82, 2.24) is 5.48 Å². The Morgan fingerprint density at radius 1 is 1.90 bits per heavy atom. The second-order valence-electron chi connectivity index (χ2n) is 2.47. The molecule has 0 saturated heterocycles. The first-order valence-electron chi connectivity index (χ1n) is 2.91. The van der Waals surface area contributed by atoms with Gasteiger partial charge in [-0.15, -0.1) is 5.48 Å². The van der Waals surface area contributed by atoms with Crippen LogP contribution >= 0.6 is 0 Å². The number of hydroxylamine groups is 1. The highest BCUT2D eigenvalue weighted by atomic mass is 16.7. The number of carboxylic acids is 1. The van der Waals surface area contributed by atoms with Crippen molar-refractivity contribution in [3.8, 4) is 0 Å². The number of aliphatic carboxylic acids is 1. The maximum Gasteiger partial charge on any atom is 0.331 e. The van der Waals surface area contributed by atoms with Gasteiger partial charge >= 0.3 is 5.97 Å². The molecule has 0 radical (unpaired) electrons. The topological polar surface area (TPSA) is 58.6 Å². The van der Waals surface area contributed by atoms with Crippen LogP contribution in [0.4, 0.5) is 0 Å². The lowest BCUT2D eigenvalue weighted by Gasteiger charge is -2.13. The molecule has 0 aromatic heterocycles. The first-order valence-corrected chi connectivity index (χ1v) is 2.91. The fourth-order valence-electron chi connectivity index (χ4n) is 0.757. The van der Waals surface area contributed by atoms with Crippen LogP contribution in [0.5, 0.6) is 0 Å². The molecule has 1 unspecified atom stereocenters. The van der Waals surface area contributed by atoms with Gasteiger partial charge in [0.2, 0.25) is 0 Å². The van der Waals surface area contributed by atoms with Crippen LogP contribution in [0.2, 0.25) is 0 Å². The largest absolute Gasteiger partial charge is 0.480 e. The zero-order chi connectivity index (χ0) is 7.78. The Kier molecular flexibility index (Phi) is 1.40. The lowest BCUT2D eigenvalue weighted by atomic mass is 10.0. The standard InChI is InChI=1S/C6H9NO3/c1-4-3-6(2,5(8)9)7-10-4/h3,7H,1-2H3,(H,8,9). The van der Waals surface area contributed by atoms with Gasteiger partial charge in [-0.25, -0.2) is 4.79 Å². The third-order valence-corrected chi connectivity index (χ3v) is 1.36. The van der Waals surface area contributed by atoms with E-state index in [0.717, 1.165) is 0 Å². The van der Waals surface area contributed by atoms with E-state index in [-0.39, 0.29) is 0 Å². The highest BCUT2D eigenvalue weighted by Crippen LogP contribution is 2.16. The maximum atomic E-state index is 10.5. The van der Waals surface area contributed by atoms with Gasteiger partial charge in [0.15, 0.2) is 5.54 Å². The number of hydrogen-bond donors (Lipinski definition) is 2. The molecule has 4 heteroatoms. The van der Waals surface area contributed by atoms with Crippen LogP contribution in [-0.4, -0.2) is 16.6 Å². The van der Waals surface area contributed by atoms with Crippen LogP contribution in [-0.2, 0) is 9.63 Å². The Balaban J connectivity index is 2.82. The van der Waals surface area contributed by atoms with Crippen molar-refractivity contribution in [2.75, 3.05) is 0 Å². The summed E-state index contributed by atoms with van der Waals surface area (Å²) in [4.78, 5) is 15.2. The predicted molar refractivity (Wildman–Crippen MR) is 34.0 cm³/mol. The summed E-state index contributed by atoms with van der Waals surface area (Å²) in [6.45, 7) is 3.23. The maximum absolute atomic E-state index is 10.5. The van der Waals surface area contributed by atoms with Crippen molar-refractivity contribution in [3.05, 3.63) is 11.8 Å². The van der Waals surface area contributed by atoms with Gasteiger partial charge in [0.1, 0.15) is 5.76 Å². The van der Waals surface area contributed by atoms with Gasteiger partial charge in [-0.2, -0.15) is 0 Å². The predicted octanol–water partition coefficient (Wildman–Crippen LogP) is 0.268.